The molecule has 1 aliphatic carbocycles. The van der Waals surface area contributed by atoms with Crippen molar-refractivity contribution in [1.29, 1.82) is 0 Å². The van der Waals surface area contributed by atoms with Gasteiger partial charge < -0.3 is 10.1 Å². The second kappa shape index (κ2) is 5.73. The van der Waals surface area contributed by atoms with Gasteiger partial charge in [-0.05, 0) is 25.5 Å². The van der Waals surface area contributed by atoms with Gasteiger partial charge in [-0.1, -0.05) is 19.9 Å². The van der Waals surface area contributed by atoms with Gasteiger partial charge in [0.1, 0.15) is 0 Å². The van der Waals surface area contributed by atoms with Crippen LogP contribution in [-0.4, -0.2) is 38.8 Å². The van der Waals surface area contributed by atoms with Gasteiger partial charge in [0.15, 0.2) is 5.65 Å². The third-order valence-electron chi connectivity index (χ3n) is 5.65. The van der Waals surface area contributed by atoms with E-state index >= 15 is 0 Å². The molecule has 0 radical (unpaired) electrons. The highest BCUT2D eigenvalue weighted by molar-refractivity contribution is 5.76. The van der Waals surface area contributed by atoms with Gasteiger partial charge in [0.2, 0.25) is 5.91 Å². The first kappa shape index (κ1) is 16.7. The van der Waals surface area contributed by atoms with Crippen LogP contribution in [0, 0.1) is 5.41 Å². The number of hydrogen-bond donors (Lipinski definition) is 1. The van der Waals surface area contributed by atoms with Gasteiger partial charge >= 0.3 is 5.69 Å². The topological polar surface area (TPSA) is 77.6 Å². The molecule has 130 valence electrons. The number of nitrogens with one attached hydrogen (secondary N) is 1. The Morgan fingerprint density at radius 2 is 2.17 bits per heavy atom. The van der Waals surface area contributed by atoms with E-state index in [9.17, 15) is 9.59 Å². The summed E-state index contributed by atoms with van der Waals surface area (Å²) >= 11 is 0. The van der Waals surface area contributed by atoms with Crippen molar-refractivity contribution >= 4 is 11.6 Å². The lowest BCUT2D eigenvalue weighted by Crippen LogP contribution is -2.68. The highest BCUT2D eigenvalue weighted by Crippen LogP contribution is 2.51. The maximum atomic E-state index is 12.2. The zero-order chi connectivity index (χ0) is 17.5. The maximum Gasteiger partial charge on any atom is 0.350 e. The fourth-order valence-electron chi connectivity index (χ4n) is 3.31. The standard InChI is InChI=1S/C17H24N4O3/c1-16(2)12(11-17(16,3)24-4)18-14(22)8-10-21-15(23)20-9-6-5-7-13(20)19-21/h5-7,9,12H,8,10-11H2,1-4H3,(H,18,22)/t12-,17+/m0/s1. The summed E-state index contributed by atoms with van der Waals surface area (Å²) in [6.45, 7) is 6.52. The molecule has 3 rings (SSSR count). The Bertz CT molecular complexity index is 823. The molecule has 2 aromatic heterocycles. The van der Waals surface area contributed by atoms with E-state index in [0.29, 0.717) is 5.65 Å². The van der Waals surface area contributed by atoms with Crippen molar-refractivity contribution in [2.45, 2.75) is 51.8 Å². The van der Waals surface area contributed by atoms with Crippen molar-refractivity contribution in [2.24, 2.45) is 5.41 Å². The van der Waals surface area contributed by atoms with E-state index in [4.69, 9.17) is 4.74 Å². The first-order chi connectivity index (χ1) is 11.3. The molecule has 0 unspecified atom stereocenters. The molecule has 0 aliphatic heterocycles. The minimum Gasteiger partial charge on any atom is -0.378 e. The summed E-state index contributed by atoms with van der Waals surface area (Å²) < 4.78 is 8.37. The highest BCUT2D eigenvalue weighted by Gasteiger charge is 2.58. The predicted octanol–water partition coefficient (Wildman–Crippen LogP) is 1.21. The first-order valence-electron chi connectivity index (χ1n) is 8.17. The molecule has 0 saturated heterocycles. The van der Waals surface area contributed by atoms with E-state index < -0.39 is 0 Å². The molecule has 2 aromatic rings. The Labute approximate surface area is 140 Å². The lowest BCUT2D eigenvalue weighted by Gasteiger charge is -2.59. The molecular formula is C17H24N4O3. The number of carbonyl (C=O) groups is 1. The number of aryl methyl sites for hydroxylation is 1. The average molecular weight is 332 g/mol. The van der Waals surface area contributed by atoms with Gasteiger partial charge in [0.05, 0.1) is 12.1 Å². The van der Waals surface area contributed by atoms with Crippen LogP contribution in [0.1, 0.15) is 33.6 Å². The van der Waals surface area contributed by atoms with Crippen molar-refractivity contribution in [1.82, 2.24) is 19.5 Å². The summed E-state index contributed by atoms with van der Waals surface area (Å²) in [5.74, 6) is -0.0739. The molecule has 1 amide bonds. The zero-order valence-corrected chi connectivity index (χ0v) is 14.6. The van der Waals surface area contributed by atoms with Crippen molar-refractivity contribution < 1.29 is 9.53 Å². The van der Waals surface area contributed by atoms with Crippen molar-refractivity contribution in [3.8, 4) is 0 Å². The highest BCUT2D eigenvalue weighted by atomic mass is 16.5. The molecule has 0 spiro atoms. The van der Waals surface area contributed by atoms with Gasteiger partial charge in [0.25, 0.3) is 0 Å². The van der Waals surface area contributed by atoms with Crippen LogP contribution in [0.2, 0.25) is 0 Å². The smallest absolute Gasteiger partial charge is 0.350 e. The lowest BCUT2D eigenvalue weighted by atomic mass is 9.56. The number of carbonyl (C=O) groups excluding carboxylic acids is 1. The number of pyridine rings is 1. The Morgan fingerprint density at radius 1 is 1.42 bits per heavy atom. The van der Waals surface area contributed by atoms with Crippen LogP contribution >= 0.6 is 0 Å². The minimum atomic E-state index is -0.227. The van der Waals surface area contributed by atoms with Gasteiger partial charge in [-0.2, -0.15) is 0 Å². The van der Waals surface area contributed by atoms with Crippen LogP contribution in [0.25, 0.3) is 5.65 Å². The lowest BCUT2D eigenvalue weighted by molar-refractivity contribution is -0.182. The van der Waals surface area contributed by atoms with Gasteiger partial charge in [-0.3, -0.25) is 9.20 Å². The predicted molar refractivity (Wildman–Crippen MR) is 89.8 cm³/mol. The van der Waals surface area contributed by atoms with Crippen molar-refractivity contribution in [3.63, 3.8) is 0 Å². The number of rotatable bonds is 5. The second-order valence-corrected chi connectivity index (χ2v) is 7.17. The normalized spacial score (nSPS) is 25.4. The maximum absolute atomic E-state index is 12.2. The van der Waals surface area contributed by atoms with E-state index in [-0.39, 0.29) is 41.6 Å². The summed E-state index contributed by atoms with van der Waals surface area (Å²) in [6, 6.07) is 5.44. The van der Waals surface area contributed by atoms with E-state index in [0.717, 1.165) is 6.42 Å². The molecule has 1 fully saturated rings. The summed E-state index contributed by atoms with van der Waals surface area (Å²) in [7, 11) is 1.70. The van der Waals surface area contributed by atoms with E-state index in [2.05, 4.69) is 31.2 Å². The van der Waals surface area contributed by atoms with E-state index in [1.165, 1.54) is 9.08 Å². The third-order valence-corrected chi connectivity index (χ3v) is 5.65. The number of hydrogen-bond acceptors (Lipinski definition) is 4. The molecule has 1 N–H and O–H groups in total. The number of amides is 1. The molecule has 24 heavy (non-hydrogen) atoms. The molecule has 1 aliphatic rings. The molecular weight excluding hydrogens is 308 g/mol. The Balaban J connectivity index is 1.60. The molecule has 2 atom stereocenters. The van der Waals surface area contributed by atoms with E-state index in [1.54, 1.807) is 25.4 Å². The van der Waals surface area contributed by atoms with Crippen LogP contribution in [0.3, 0.4) is 0 Å². The van der Waals surface area contributed by atoms with Gasteiger partial charge in [0, 0.05) is 31.2 Å². The Kier molecular flexibility index (Phi) is 3.99. The molecule has 0 aromatic carbocycles. The fraction of sp³-hybridized carbons (Fsp3) is 0.588. The molecule has 7 nitrogen and oxygen atoms in total. The second-order valence-electron chi connectivity index (χ2n) is 7.17. The average Bonchev–Trinajstić information content (AvgIpc) is 2.89. The summed E-state index contributed by atoms with van der Waals surface area (Å²) in [4.78, 5) is 24.4. The van der Waals surface area contributed by atoms with Crippen molar-refractivity contribution in [2.75, 3.05) is 7.11 Å². The Morgan fingerprint density at radius 3 is 2.79 bits per heavy atom. The van der Waals surface area contributed by atoms with E-state index in [1.807, 2.05) is 6.07 Å². The van der Waals surface area contributed by atoms with Gasteiger partial charge in [-0.15, -0.1) is 5.10 Å². The van der Waals surface area contributed by atoms with Crippen LogP contribution in [0.5, 0.6) is 0 Å². The monoisotopic (exact) mass is 332 g/mol. The largest absolute Gasteiger partial charge is 0.378 e. The summed E-state index contributed by atoms with van der Waals surface area (Å²) in [5.41, 5.74) is 0.00843. The molecule has 0 bridgehead atoms. The SMILES string of the molecule is CO[C@]1(C)C[C@H](NC(=O)CCn2nc3ccccn3c2=O)C1(C)C. The van der Waals surface area contributed by atoms with Crippen LogP contribution < -0.4 is 11.0 Å². The minimum absolute atomic E-state index is 0.0739. The quantitative estimate of drug-likeness (QED) is 0.893. The molecule has 1 saturated carbocycles. The van der Waals surface area contributed by atoms with Crippen molar-refractivity contribution in [3.05, 3.63) is 34.9 Å². The van der Waals surface area contributed by atoms with Gasteiger partial charge in [-0.25, -0.2) is 9.48 Å². The number of ether oxygens (including phenoxy) is 1. The number of fused-ring (bicyclic) bond motifs is 1. The summed E-state index contributed by atoms with van der Waals surface area (Å²) in [5, 5.41) is 7.28. The molecule has 7 heteroatoms. The number of aromatic nitrogens is 3. The Hall–Kier alpha value is -2.15. The fourth-order valence-corrected chi connectivity index (χ4v) is 3.31. The molecule has 2 heterocycles. The van der Waals surface area contributed by atoms with Crippen LogP contribution in [0.4, 0.5) is 0 Å². The first-order valence-corrected chi connectivity index (χ1v) is 8.17. The number of methoxy groups -OCH3 is 1. The summed E-state index contributed by atoms with van der Waals surface area (Å²) in [6.07, 6.45) is 2.68. The third kappa shape index (κ3) is 2.53. The zero-order valence-electron chi connectivity index (χ0n) is 14.6. The van der Waals surface area contributed by atoms with Crippen LogP contribution in [0.15, 0.2) is 29.2 Å². The van der Waals surface area contributed by atoms with Crippen LogP contribution in [-0.2, 0) is 16.1 Å². The number of nitrogens with zero attached hydrogens (tertiary/aromatic N) is 3.